The molecule has 0 saturated heterocycles. The number of fused-ring (bicyclic) bond motifs is 1. The van der Waals surface area contributed by atoms with Crippen LogP contribution in [0.2, 0.25) is 5.02 Å². The third-order valence-electron chi connectivity index (χ3n) is 3.09. The van der Waals surface area contributed by atoms with Crippen LogP contribution in [0.1, 0.15) is 11.1 Å². The molecule has 1 aliphatic rings. The molecule has 3 rings (SSSR count). The number of aliphatic imine (C=N–C) groups is 1. The van der Waals surface area contributed by atoms with Crippen LogP contribution in [0.25, 0.3) is 0 Å². The summed E-state index contributed by atoms with van der Waals surface area (Å²) in [6.45, 7) is 0.193. The molecular formula is C15H9ClF3NO. The second-order valence-corrected chi connectivity index (χ2v) is 4.97. The molecule has 21 heavy (non-hydrogen) atoms. The van der Waals surface area contributed by atoms with Crippen LogP contribution in [0, 0.1) is 0 Å². The first-order valence-electron chi connectivity index (χ1n) is 6.11. The van der Waals surface area contributed by atoms with Gasteiger partial charge in [0.1, 0.15) is 18.0 Å². The summed E-state index contributed by atoms with van der Waals surface area (Å²) in [4.78, 5) is 4.40. The van der Waals surface area contributed by atoms with Crippen molar-refractivity contribution in [2.45, 2.75) is 6.18 Å². The number of halogens is 4. The minimum Gasteiger partial charge on any atom is -0.485 e. The highest BCUT2D eigenvalue weighted by Gasteiger charge is 2.30. The van der Waals surface area contributed by atoms with Gasteiger partial charge < -0.3 is 4.74 Å². The van der Waals surface area contributed by atoms with Crippen molar-refractivity contribution in [1.29, 1.82) is 0 Å². The highest BCUT2D eigenvalue weighted by molar-refractivity contribution is 6.30. The Labute approximate surface area is 123 Å². The monoisotopic (exact) mass is 311 g/mol. The third-order valence-corrected chi connectivity index (χ3v) is 3.32. The largest absolute Gasteiger partial charge is 0.485 e. The predicted octanol–water partition coefficient (Wildman–Crippen LogP) is 4.87. The molecule has 0 aliphatic carbocycles. The Morgan fingerprint density at radius 3 is 2.43 bits per heavy atom. The first-order chi connectivity index (χ1) is 9.93. The fourth-order valence-corrected chi connectivity index (χ4v) is 2.18. The molecule has 0 atom stereocenters. The van der Waals surface area contributed by atoms with E-state index < -0.39 is 11.7 Å². The van der Waals surface area contributed by atoms with Gasteiger partial charge in [0.25, 0.3) is 0 Å². The van der Waals surface area contributed by atoms with E-state index in [2.05, 4.69) is 4.99 Å². The summed E-state index contributed by atoms with van der Waals surface area (Å²) in [7, 11) is 0. The van der Waals surface area contributed by atoms with Gasteiger partial charge in [0, 0.05) is 11.1 Å². The summed E-state index contributed by atoms with van der Waals surface area (Å²) in [5.74, 6) is 0.568. The van der Waals surface area contributed by atoms with E-state index in [1.807, 2.05) is 0 Å². The van der Waals surface area contributed by atoms with Gasteiger partial charge in [0.2, 0.25) is 0 Å². The third kappa shape index (κ3) is 2.88. The van der Waals surface area contributed by atoms with E-state index in [-0.39, 0.29) is 6.61 Å². The molecule has 0 unspecified atom stereocenters. The minimum absolute atomic E-state index is 0.193. The Balaban J connectivity index is 1.93. The minimum atomic E-state index is -4.34. The molecule has 1 heterocycles. The van der Waals surface area contributed by atoms with Crippen LogP contribution < -0.4 is 4.74 Å². The molecule has 0 spiro atoms. The van der Waals surface area contributed by atoms with E-state index in [0.717, 1.165) is 12.1 Å². The summed E-state index contributed by atoms with van der Waals surface area (Å²) < 4.78 is 43.1. The van der Waals surface area contributed by atoms with Crippen LogP contribution in [-0.2, 0) is 6.18 Å². The highest BCUT2D eigenvalue weighted by Crippen LogP contribution is 2.34. The van der Waals surface area contributed by atoms with Gasteiger partial charge in [0.05, 0.1) is 11.3 Å². The van der Waals surface area contributed by atoms with Crippen LogP contribution in [0.15, 0.2) is 47.5 Å². The van der Waals surface area contributed by atoms with Gasteiger partial charge in [-0.15, -0.1) is 0 Å². The second kappa shape index (κ2) is 5.07. The molecular weight excluding hydrogens is 303 g/mol. The van der Waals surface area contributed by atoms with E-state index in [1.54, 1.807) is 18.2 Å². The van der Waals surface area contributed by atoms with Crippen LogP contribution in [0.4, 0.5) is 18.9 Å². The SMILES string of the molecule is FC(F)(F)c1ccc(C2=Nc3ccc(Cl)cc3OC2)cc1. The molecule has 2 nitrogen and oxygen atoms in total. The van der Waals surface area contributed by atoms with Gasteiger partial charge in [-0.1, -0.05) is 23.7 Å². The number of alkyl halides is 3. The maximum absolute atomic E-state index is 12.5. The standard InChI is InChI=1S/C15H9ClF3NO/c16-11-5-6-12-14(7-11)21-8-13(20-12)9-1-3-10(4-2-9)15(17,18)19/h1-7H,8H2. The predicted molar refractivity (Wildman–Crippen MR) is 74.6 cm³/mol. The lowest BCUT2D eigenvalue weighted by Gasteiger charge is -2.17. The second-order valence-electron chi connectivity index (χ2n) is 4.53. The van der Waals surface area contributed by atoms with Crippen molar-refractivity contribution in [2.24, 2.45) is 4.99 Å². The van der Waals surface area contributed by atoms with Crippen molar-refractivity contribution >= 4 is 23.0 Å². The van der Waals surface area contributed by atoms with Gasteiger partial charge in [-0.25, -0.2) is 4.99 Å². The van der Waals surface area contributed by atoms with Crippen LogP contribution in [-0.4, -0.2) is 12.3 Å². The zero-order valence-corrected chi connectivity index (χ0v) is 11.4. The quantitative estimate of drug-likeness (QED) is 0.736. The van der Waals surface area contributed by atoms with Gasteiger partial charge in [-0.2, -0.15) is 13.2 Å². The Morgan fingerprint density at radius 1 is 1.05 bits per heavy atom. The Kier molecular flexibility index (Phi) is 3.37. The van der Waals surface area contributed by atoms with Crippen molar-refractivity contribution in [3.05, 3.63) is 58.6 Å². The average Bonchev–Trinajstić information content (AvgIpc) is 2.46. The fourth-order valence-electron chi connectivity index (χ4n) is 2.02. The molecule has 0 fully saturated rings. The molecule has 0 bridgehead atoms. The van der Waals surface area contributed by atoms with E-state index in [9.17, 15) is 13.2 Å². The zero-order chi connectivity index (χ0) is 15.0. The highest BCUT2D eigenvalue weighted by atomic mass is 35.5. The van der Waals surface area contributed by atoms with E-state index >= 15 is 0 Å². The zero-order valence-electron chi connectivity index (χ0n) is 10.6. The maximum atomic E-state index is 12.5. The lowest BCUT2D eigenvalue weighted by Crippen LogP contribution is -2.16. The van der Waals surface area contributed by atoms with Gasteiger partial charge in [-0.05, 0) is 29.8 Å². The lowest BCUT2D eigenvalue weighted by atomic mass is 10.1. The number of rotatable bonds is 1. The summed E-state index contributed by atoms with van der Waals surface area (Å²) in [6.07, 6.45) is -4.34. The number of nitrogens with zero attached hydrogens (tertiary/aromatic N) is 1. The topological polar surface area (TPSA) is 21.6 Å². The molecule has 0 aromatic heterocycles. The lowest BCUT2D eigenvalue weighted by molar-refractivity contribution is -0.137. The molecule has 0 radical (unpaired) electrons. The van der Waals surface area contributed by atoms with Gasteiger partial charge in [-0.3, -0.25) is 0 Å². The molecule has 2 aromatic rings. The molecule has 0 amide bonds. The number of benzene rings is 2. The molecule has 2 aromatic carbocycles. The Hall–Kier alpha value is -2.01. The van der Waals surface area contributed by atoms with Crippen LogP contribution in [0.3, 0.4) is 0 Å². The van der Waals surface area contributed by atoms with Crippen molar-refractivity contribution in [3.8, 4) is 5.75 Å². The maximum Gasteiger partial charge on any atom is 0.416 e. The average molecular weight is 312 g/mol. The van der Waals surface area contributed by atoms with Gasteiger partial charge >= 0.3 is 6.18 Å². The summed E-state index contributed by atoms with van der Waals surface area (Å²) in [5, 5.41) is 0.543. The van der Waals surface area contributed by atoms with Crippen LogP contribution >= 0.6 is 11.6 Å². The first kappa shape index (κ1) is 13.9. The first-order valence-corrected chi connectivity index (χ1v) is 6.49. The number of hydrogen-bond acceptors (Lipinski definition) is 2. The Bertz CT molecular complexity index is 708. The summed E-state index contributed by atoms with van der Waals surface area (Å²) in [5.41, 5.74) is 1.11. The fraction of sp³-hybridized carbons (Fsp3) is 0.133. The van der Waals surface area contributed by atoms with Crippen molar-refractivity contribution in [1.82, 2.24) is 0 Å². The van der Waals surface area contributed by atoms with E-state index in [1.165, 1.54) is 12.1 Å². The normalized spacial score (nSPS) is 14.2. The molecule has 6 heteroatoms. The van der Waals surface area contributed by atoms with E-state index in [4.69, 9.17) is 16.3 Å². The summed E-state index contributed by atoms with van der Waals surface area (Å²) >= 11 is 5.86. The van der Waals surface area contributed by atoms with Crippen molar-refractivity contribution in [2.75, 3.05) is 6.61 Å². The molecule has 1 aliphatic heterocycles. The molecule has 0 N–H and O–H groups in total. The number of ether oxygens (including phenoxy) is 1. The Morgan fingerprint density at radius 2 is 1.76 bits per heavy atom. The summed E-state index contributed by atoms with van der Waals surface area (Å²) in [6, 6.07) is 9.91. The molecule has 0 saturated carbocycles. The van der Waals surface area contributed by atoms with Crippen molar-refractivity contribution < 1.29 is 17.9 Å². The van der Waals surface area contributed by atoms with E-state index in [0.29, 0.717) is 27.7 Å². The molecule has 108 valence electrons. The smallest absolute Gasteiger partial charge is 0.416 e. The van der Waals surface area contributed by atoms with Crippen LogP contribution in [0.5, 0.6) is 5.75 Å². The number of hydrogen-bond donors (Lipinski definition) is 0. The van der Waals surface area contributed by atoms with Crippen molar-refractivity contribution in [3.63, 3.8) is 0 Å². The van der Waals surface area contributed by atoms with Gasteiger partial charge in [0.15, 0.2) is 0 Å².